The first kappa shape index (κ1) is 21.1. The van der Waals surface area contributed by atoms with Crippen LogP contribution in [0.15, 0.2) is 41.3 Å². The Hall–Kier alpha value is -2.60. The molecule has 0 bridgehead atoms. The normalized spacial score (nSPS) is 15.5. The molecule has 1 aromatic heterocycles. The lowest BCUT2D eigenvalue weighted by Crippen LogP contribution is -2.34. The van der Waals surface area contributed by atoms with E-state index in [0.717, 1.165) is 18.6 Å². The molecule has 0 radical (unpaired) electrons. The van der Waals surface area contributed by atoms with Gasteiger partial charge < -0.3 is 19.5 Å². The van der Waals surface area contributed by atoms with Crippen LogP contribution in [0.3, 0.4) is 0 Å². The molecule has 1 unspecified atom stereocenters. The van der Waals surface area contributed by atoms with E-state index in [9.17, 15) is 9.59 Å². The van der Waals surface area contributed by atoms with E-state index >= 15 is 0 Å². The summed E-state index contributed by atoms with van der Waals surface area (Å²) in [6, 6.07) is 9.14. The Labute approximate surface area is 172 Å². The highest BCUT2D eigenvalue weighted by molar-refractivity contribution is 6.05. The third-order valence-corrected chi connectivity index (χ3v) is 5.38. The van der Waals surface area contributed by atoms with Crippen molar-refractivity contribution < 1.29 is 9.53 Å². The van der Waals surface area contributed by atoms with Crippen LogP contribution in [0.5, 0.6) is 5.75 Å². The minimum atomic E-state index is -0.386. The van der Waals surface area contributed by atoms with Gasteiger partial charge in [-0.2, -0.15) is 0 Å². The number of benzene rings is 1. The van der Waals surface area contributed by atoms with Crippen LogP contribution < -0.4 is 15.6 Å². The summed E-state index contributed by atoms with van der Waals surface area (Å²) in [5, 5.41) is 2.85. The van der Waals surface area contributed by atoms with Gasteiger partial charge in [0.15, 0.2) is 0 Å². The van der Waals surface area contributed by atoms with Gasteiger partial charge in [-0.05, 0) is 89.5 Å². The molecule has 0 aliphatic heterocycles. The minimum Gasteiger partial charge on any atom is -0.490 e. The quantitative estimate of drug-likeness (QED) is 0.771. The Balaban J connectivity index is 1.73. The van der Waals surface area contributed by atoms with Gasteiger partial charge in [0.1, 0.15) is 11.3 Å². The molecule has 3 rings (SSSR count). The molecule has 6 nitrogen and oxygen atoms in total. The molecule has 1 saturated carbocycles. The maximum atomic E-state index is 13.0. The number of carbonyl (C=O) groups excluding carboxylic acids is 1. The Kier molecular flexibility index (Phi) is 6.75. The molecule has 1 heterocycles. The molecule has 0 saturated heterocycles. The third kappa shape index (κ3) is 5.26. The van der Waals surface area contributed by atoms with Crippen molar-refractivity contribution in [2.75, 3.05) is 26.0 Å². The first-order valence-electron chi connectivity index (χ1n) is 10.3. The van der Waals surface area contributed by atoms with Gasteiger partial charge in [0.25, 0.3) is 11.5 Å². The molecular weight excluding hydrogens is 366 g/mol. The van der Waals surface area contributed by atoms with Gasteiger partial charge >= 0.3 is 0 Å². The lowest BCUT2D eigenvalue weighted by atomic mass is 10.1. The fraction of sp³-hybridized carbons (Fsp3) is 0.478. The van der Waals surface area contributed by atoms with Crippen molar-refractivity contribution in [2.45, 2.75) is 51.7 Å². The fourth-order valence-corrected chi connectivity index (χ4v) is 3.89. The highest BCUT2D eigenvalue weighted by Crippen LogP contribution is 2.25. The average molecular weight is 398 g/mol. The second-order valence-electron chi connectivity index (χ2n) is 8.20. The zero-order valence-electron chi connectivity index (χ0n) is 17.8. The van der Waals surface area contributed by atoms with Crippen LogP contribution >= 0.6 is 0 Å². The Morgan fingerprint density at radius 2 is 1.86 bits per heavy atom. The molecule has 2 aromatic rings. The SMILES string of the molecule is Cc1ccn(C(C)CN(C)C)c(=O)c1C(=O)Nc1ccc(OC2CCCC2)cc1. The summed E-state index contributed by atoms with van der Waals surface area (Å²) in [7, 11) is 3.92. The number of pyridine rings is 1. The Bertz CT molecular complexity index is 897. The smallest absolute Gasteiger partial charge is 0.263 e. The van der Waals surface area contributed by atoms with Crippen LogP contribution in [-0.4, -0.2) is 42.1 Å². The van der Waals surface area contributed by atoms with Crippen LogP contribution in [0.2, 0.25) is 0 Å². The number of carbonyl (C=O) groups is 1. The van der Waals surface area contributed by atoms with E-state index < -0.39 is 0 Å². The molecule has 1 atom stereocenters. The van der Waals surface area contributed by atoms with Gasteiger partial charge in [-0.1, -0.05) is 0 Å². The zero-order chi connectivity index (χ0) is 21.0. The number of ether oxygens (including phenoxy) is 1. The number of hydrogen-bond donors (Lipinski definition) is 1. The first-order chi connectivity index (χ1) is 13.8. The number of anilines is 1. The Morgan fingerprint density at radius 1 is 1.21 bits per heavy atom. The minimum absolute atomic E-state index is 0.0309. The molecule has 0 spiro atoms. The van der Waals surface area contributed by atoms with Crippen molar-refractivity contribution in [3.63, 3.8) is 0 Å². The van der Waals surface area contributed by atoms with Gasteiger partial charge in [0.2, 0.25) is 0 Å². The van der Waals surface area contributed by atoms with Crippen molar-refractivity contribution in [3.05, 3.63) is 58.0 Å². The van der Waals surface area contributed by atoms with E-state index in [1.54, 1.807) is 17.7 Å². The second kappa shape index (κ2) is 9.27. The fourth-order valence-electron chi connectivity index (χ4n) is 3.89. The number of aryl methyl sites for hydroxylation is 1. The van der Waals surface area contributed by atoms with E-state index in [1.807, 2.05) is 56.3 Å². The summed E-state index contributed by atoms with van der Waals surface area (Å²) in [6.45, 7) is 4.48. The maximum absolute atomic E-state index is 13.0. The van der Waals surface area contributed by atoms with Crippen LogP contribution in [0.1, 0.15) is 54.6 Å². The molecule has 1 N–H and O–H groups in total. The van der Waals surface area contributed by atoms with Gasteiger partial charge in [-0.25, -0.2) is 0 Å². The number of nitrogens with zero attached hydrogens (tertiary/aromatic N) is 2. The molecular formula is C23H31N3O3. The van der Waals surface area contributed by atoms with Crippen LogP contribution in [0, 0.1) is 6.92 Å². The summed E-state index contributed by atoms with van der Waals surface area (Å²) in [4.78, 5) is 27.8. The lowest BCUT2D eigenvalue weighted by Gasteiger charge is -2.20. The largest absolute Gasteiger partial charge is 0.490 e. The molecule has 6 heteroatoms. The van der Waals surface area contributed by atoms with E-state index in [2.05, 4.69) is 5.32 Å². The molecule has 29 heavy (non-hydrogen) atoms. The van der Waals surface area contributed by atoms with Gasteiger partial charge in [-0.15, -0.1) is 0 Å². The summed E-state index contributed by atoms with van der Waals surface area (Å²) >= 11 is 0. The molecule has 1 amide bonds. The second-order valence-corrected chi connectivity index (χ2v) is 8.20. The highest BCUT2D eigenvalue weighted by Gasteiger charge is 2.19. The highest BCUT2D eigenvalue weighted by atomic mass is 16.5. The van der Waals surface area contributed by atoms with Crippen LogP contribution in [0.25, 0.3) is 0 Å². The van der Waals surface area contributed by atoms with Gasteiger partial charge in [0.05, 0.1) is 6.10 Å². The maximum Gasteiger partial charge on any atom is 0.263 e. The molecule has 1 aliphatic carbocycles. The molecule has 1 aromatic carbocycles. The van der Waals surface area contributed by atoms with E-state index in [4.69, 9.17) is 4.74 Å². The summed E-state index contributed by atoms with van der Waals surface area (Å²) < 4.78 is 7.59. The summed E-state index contributed by atoms with van der Waals surface area (Å²) in [5.41, 5.74) is 1.23. The first-order valence-corrected chi connectivity index (χ1v) is 10.3. The van der Waals surface area contributed by atoms with Gasteiger partial charge in [-0.3, -0.25) is 9.59 Å². The number of aromatic nitrogens is 1. The average Bonchev–Trinajstić information content (AvgIpc) is 3.16. The lowest BCUT2D eigenvalue weighted by molar-refractivity contribution is 0.102. The van der Waals surface area contributed by atoms with Crippen molar-refractivity contribution in [3.8, 4) is 5.75 Å². The number of nitrogens with one attached hydrogen (secondary N) is 1. The molecule has 156 valence electrons. The zero-order valence-corrected chi connectivity index (χ0v) is 17.8. The van der Waals surface area contributed by atoms with Crippen molar-refractivity contribution in [2.24, 2.45) is 0 Å². The van der Waals surface area contributed by atoms with E-state index in [-0.39, 0.29) is 23.1 Å². The van der Waals surface area contributed by atoms with Crippen LogP contribution in [-0.2, 0) is 0 Å². The molecule has 1 aliphatic rings. The molecule has 1 fully saturated rings. The Morgan fingerprint density at radius 3 is 2.48 bits per heavy atom. The standard InChI is InChI=1S/C23H31N3O3/c1-16-13-14-26(17(2)15-25(3)4)23(28)21(16)22(27)24-18-9-11-20(12-10-18)29-19-7-5-6-8-19/h9-14,17,19H,5-8,15H2,1-4H3,(H,24,27). The van der Waals surface area contributed by atoms with Crippen molar-refractivity contribution >= 4 is 11.6 Å². The number of likely N-dealkylation sites (N-methyl/N-ethyl adjacent to an activating group) is 1. The topological polar surface area (TPSA) is 63.6 Å². The number of hydrogen-bond acceptors (Lipinski definition) is 4. The third-order valence-electron chi connectivity index (χ3n) is 5.38. The number of rotatable bonds is 7. The van der Waals surface area contributed by atoms with Crippen molar-refractivity contribution in [1.29, 1.82) is 0 Å². The summed E-state index contributed by atoms with van der Waals surface area (Å²) in [5.74, 6) is 0.425. The van der Waals surface area contributed by atoms with Crippen LogP contribution in [0.4, 0.5) is 5.69 Å². The monoisotopic (exact) mass is 397 g/mol. The van der Waals surface area contributed by atoms with Gasteiger partial charge in [0, 0.05) is 24.5 Å². The predicted molar refractivity (Wildman–Crippen MR) is 116 cm³/mol. The van der Waals surface area contributed by atoms with E-state index in [1.165, 1.54) is 12.8 Å². The van der Waals surface area contributed by atoms with Crippen molar-refractivity contribution in [1.82, 2.24) is 9.47 Å². The number of amides is 1. The summed E-state index contributed by atoms with van der Waals surface area (Å²) in [6.07, 6.45) is 6.71. The predicted octanol–water partition coefficient (Wildman–Crippen LogP) is 3.85. The van der Waals surface area contributed by atoms with E-state index in [0.29, 0.717) is 23.9 Å².